The number of amidine groups is 1. The van der Waals surface area contributed by atoms with Crippen molar-refractivity contribution in [1.29, 1.82) is 0 Å². The Morgan fingerprint density at radius 3 is 2.39 bits per heavy atom. The number of ether oxygens (including phenoxy) is 1. The van der Waals surface area contributed by atoms with Gasteiger partial charge >= 0.3 is 6.18 Å². The Morgan fingerprint density at radius 1 is 1.06 bits per heavy atom. The molecule has 4 aliphatic rings. The Kier molecular flexibility index (Phi) is 4.55. The van der Waals surface area contributed by atoms with Crippen LogP contribution in [-0.4, -0.2) is 42.5 Å². The fourth-order valence-corrected chi connectivity index (χ4v) is 5.95. The molecule has 31 heavy (non-hydrogen) atoms. The molecule has 0 radical (unpaired) electrons. The average molecular weight is 451 g/mol. The van der Waals surface area contributed by atoms with Gasteiger partial charge in [0.1, 0.15) is 11.6 Å². The first-order chi connectivity index (χ1) is 14.7. The zero-order chi connectivity index (χ0) is 21.9. The highest BCUT2D eigenvalue weighted by atomic mass is 32.2. The molecule has 1 aliphatic carbocycles. The van der Waals surface area contributed by atoms with Gasteiger partial charge in [0.05, 0.1) is 16.7 Å². The molecule has 0 N–H and O–H groups in total. The third-order valence-electron chi connectivity index (χ3n) is 6.46. The molecule has 6 rings (SSSR count). The van der Waals surface area contributed by atoms with Gasteiger partial charge in [-0.3, -0.25) is 0 Å². The molecule has 4 heterocycles. The molecule has 164 valence electrons. The molecule has 1 aromatic carbocycles. The van der Waals surface area contributed by atoms with Crippen molar-refractivity contribution in [3.63, 3.8) is 0 Å². The molecule has 3 aliphatic heterocycles. The lowest BCUT2D eigenvalue weighted by atomic mass is 9.63. The number of fused-ring (bicyclic) bond motifs is 2. The predicted molar refractivity (Wildman–Crippen MR) is 108 cm³/mol. The maximum Gasteiger partial charge on any atom is 0.417 e. The lowest BCUT2D eigenvalue weighted by Crippen LogP contribution is -2.62. The lowest BCUT2D eigenvalue weighted by molar-refractivity contribution is -0.137. The Hall–Kier alpha value is -2.62. The minimum Gasteiger partial charge on any atom is -0.439 e. The van der Waals surface area contributed by atoms with Crippen molar-refractivity contribution in [2.45, 2.75) is 43.3 Å². The second-order valence-electron chi connectivity index (χ2n) is 8.22. The van der Waals surface area contributed by atoms with Gasteiger partial charge in [0.2, 0.25) is 5.88 Å². The van der Waals surface area contributed by atoms with Crippen LogP contribution in [0.5, 0.6) is 11.6 Å². The second kappa shape index (κ2) is 6.94. The largest absolute Gasteiger partial charge is 0.439 e. The first-order valence-electron chi connectivity index (χ1n) is 10.1. The number of benzene rings is 1. The van der Waals surface area contributed by atoms with Gasteiger partial charge in [0.25, 0.3) is 10.0 Å². The fourth-order valence-electron chi connectivity index (χ4n) is 4.89. The van der Waals surface area contributed by atoms with Crippen LogP contribution in [0.3, 0.4) is 0 Å². The van der Waals surface area contributed by atoms with Crippen molar-refractivity contribution in [2.24, 2.45) is 4.40 Å². The van der Waals surface area contributed by atoms with Gasteiger partial charge in [0, 0.05) is 24.8 Å². The smallest absolute Gasteiger partial charge is 0.417 e. The normalized spacial score (nSPS) is 26.9. The van der Waals surface area contributed by atoms with Crippen molar-refractivity contribution in [3.05, 3.63) is 53.7 Å². The van der Waals surface area contributed by atoms with E-state index in [2.05, 4.69) is 14.3 Å². The van der Waals surface area contributed by atoms with Crippen molar-refractivity contribution >= 4 is 15.9 Å². The summed E-state index contributed by atoms with van der Waals surface area (Å²) in [6, 6.07) is 9.67. The summed E-state index contributed by atoms with van der Waals surface area (Å²) >= 11 is 0. The summed E-state index contributed by atoms with van der Waals surface area (Å²) in [6.07, 6.45) is -0.0555. The highest BCUT2D eigenvalue weighted by Crippen LogP contribution is 2.49. The molecule has 0 spiro atoms. The SMILES string of the molecule is O=S1(=O)CCN2C(=N1)C1(c3ccc(Oc4ccc(C(F)(F)F)cn4)cc3)CCC2CC1. The summed E-state index contributed by atoms with van der Waals surface area (Å²) in [7, 11) is -3.45. The predicted octanol–water partition coefficient (Wildman–Crippen LogP) is 4.13. The van der Waals surface area contributed by atoms with E-state index >= 15 is 0 Å². The highest BCUT2D eigenvalue weighted by Gasteiger charge is 2.52. The van der Waals surface area contributed by atoms with Crippen LogP contribution < -0.4 is 4.74 Å². The Balaban J connectivity index is 1.41. The molecule has 0 atom stereocenters. The summed E-state index contributed by atoms with van der Waals surface area (Å²) in [6.45, 7) is 0.481. The third kappa shape index (κ3) is 3.56. The van der Waals surface area contributed by atoms with Crippen LogP contribution in [0.2, 0.25) is 0 Å². The van der Waals surface area contributed by atoms with Crippen LogP contribution in [-0.2, 0) is 21.6 Å². The van der Waals surface area contributed by atoms with Gasteiger partial charge in [-0.05, 0) is 49.4 Å². The summed E-state index contributed by atoms with van der Waals surface area (Å²) in [5.41, 5.74) is -0.304. The Morgan fingerprint density at radius 2 is 1.77 bits per heavy atom. The zero-order valence-electron chi connectivity index (χ0n) is 16.5. The first kappa shape index (κ1) is 20.3. The topological polar surface area (TPSA) is 71.9 Å². The molecule has 1 saturated carbocycles. The van der Waals surface area contributed by atoms with Crippen LogP contribution >= 0.6 is 0 Å². The van der Waals surface area contributed by atoms with Gasteiger partial charge in [-0.25, -0.2) is 13.4 Å². The van der Waals surface area contributed by atoms with E-state index in [1.54, 1.807) is 12.1 Å². The van der Waals surface area contributed by atoms with Gasteiger partial charge < -0.3 is 9.64 Å². The van der Waals surface area contributed by atoms with Crippen LogP contribution in [0, 0.1) is 0 Å². The molecule has 6 nitrogen and oxygen atoms in total. The number of hydrogen-bond acceptors (Lipinski definition) is 5. The molecule has 10 heteroatoms. The Labute approximate surface area is 177 Å². The standard InChI is InChI=1S/C21H20F3N3O3S/c22-21(23,24)15-3-6-18(25-13-15)30-17-4-1-14(2-5-17)20-9-7-16(8-10-20)27-11-12-31(28,29)26-19(20)27/h1-6,13,16H,7-12H2. The molecule has 3 fully saturated rings. The van der Waals surface area contributed by atoms with Crippen LogP contribution in [0.15, 0.2) is 47.0 Å². The van der Waals surface area contributed by atoms with Gasteiger partial charge in [-0.1, -0.05) is 12.1 Å². The van der Waals surface area contributed by atoms with E-state index in [0.29, 0.717) is 24.2 Å². The molecular weight excluding hydrogens is 431 g/mol. The number of pyridine rings is 1. The van der Waals surface area contributed by atoms with Crippen LogP contribution in [0.25, 0.3) is 0 Å². The number of alkyl halides is 3. The summed E-state index contributed by atoms with van der Waals surface area (Å²) in [4.78, 5) is 5.88. The van der Waals surface area contributed by atoms with Crippen molar-refractivity contribution < 1.29 is 26.3 Å². The first-order valence-corrected chi connectivity index (χ1v) is 11.7. The lowest BCUT2D eigenvalue weighted by Gasteiger charge is -2.55. The van der Waals surface area contributed by atoms with Crippen LogP contribution in [0.4, 0.5) is 13.2 Å². The summed E-state index contributed by atoms with van der Waals surface area (Å²) in [5, 5.41) is 0. The van der Waals surface area contributed by atoms with Crippen molar-refractivity contribution in [2.75, 3.05) is 12.3 Å². The molecule has 2 saturated heterocycles. The van der Waals surface area contributed by atoms with Crippen molar-refractivity contribution in [1.82, 2.24) is 9.88 Å². The highest BCUT2D eigenvalue weighted by molar-refractivity contribution is 7.90. The molecule has 2 aromatic rings. The second-order valence-corrected chi connectivity index (χ2v) is 9.97. The monoisotopic (exact) mass is 451 g/mol. The third-order valence-corrected chi connectivity index (χ3v) is 7.61. The number of halogens is 3. The van der Waals surface area contributed by atoms with E-state index < -0.39 is 27.2 Å². The minimum absolute atomic E-state index is 0.0516. The van der Waals surface area contributed by atoms with E-state index in [1.807, 2.05) is 12.1 Å². The number of nitrogens with zero attached hydrogens (tertiary/aromatic N) is 3. The van der Waals surface area contributed by atoms with Crippen molar-refractivity contribution in [3.8, 4) is 11.6 Å². The maximum absolute atomic E-state index is 12.7. The zero-order valence-corrected chi connectivity index (χ0v) is 17.3. The van der Waals surface area contributed by atoms with Crippen LogP contribution in [0.1, 0.15) is 36.8 Å². The average Bonchev–Trinajstić information content (AvgIpc) is 2.74. The number of sulfonamides is 1. The number of aromatic nitrogens is 1. The van der Waals surface area contributed by atoms with E-state index in [0.717, 1.165) is 43.5 Å². The van der Waals surface area contributed by atoms with E-state index in [4.69, 9.17) is 4.74 Å². The van der Waals surface area contributed by atoms with Gasteiger partial charge in [0.15, 0.2) is 0 Å². The van der Waals surface area contributed by atoms with Gasteiger partial charge in [-0.15, -0.1) is 4.40 Å². The summed E-state index contributed by atoms with van der Waals surface area (Å²) in [5.74, 6) is 1.20. The molecule has 2 bridgehead atoms. The van der Waals surface area contributed by atoms with E-state index in [9.17, 15) is 21.6 Å². The molecule has 0 amide bonds. The molecule has 0 unspecified atom stereocenters. The summed E-state index contributed by atoms with van der Waals surface area (Å²) < 4.78 is 72.2. The number of hydrogen-bond donors (Lipinski definition) is 0. The van der Waals surface area contributed by atoms with E-state index in [1.165, 1.54) is 6.07 Å². The molecule has 1 aromatic heterocycles. The quantitative estimate of drug-likeness (QED) is 0.702. The minimum atomic E-state index is -4.45. The number of rotatable bonds is 3. The Bertz CT molecular complexity index is 1120. The fraction of sp³-hybridized carbons (Fsp3) is 0.429. The number of piperidine rings is 2. The molecular formula is C21H20F3N3O3S. The maximum atomic E-state index is 12.7. The van der Waals surface area contributed by atoms with E-state index in [-0.39, 0.29) is 11.6 Å². The van der Waals surface area contributed by atoms with Gasteiger partial charge in [-0.2, -0.15) is 13.2 Å².